The average molecular weight is 755 g/mol. The van der Waals surface area contributed by atoms with Crippen LogP contribution in [0, 0.1) is 17.9 Å². The van der Waals surface area contributed by atoms with Gasteiger partial charge in [0.1, 0.15) is 11.2 Å². The molecule has 0 amide bonds. The fourth-order valence-electron chi connectivity index (χ4n) is 6.24. The van der Waals surface area contributed by atoms with Gasteiger partial charge in [0, 0.05) is 60.7 Å². The Balaban J connectivity index is 0.000000221. The number of furan rings is 1. The van der Waals surface area contributed by atoms with Gasteiger partial charge >= 0.3 is 0 Å². The van der Waals surface area contributed by atoms with Crippen molar-refractivity contribution in [2.75, 3.05) is 0 Å². The zero-order chi connectivity index (χ0) is 29.3. The summed E-state index contributed by atoms with van der Waals surface area (Å²) in [5.74, 6) is 0.547. The molecule has 2 aromatic heterocycles. The van der Waals surface area contributed by atoms with Gasteiger partial charge in [0.05, 0.1) is 13.8 Å². The predicted molar refractivity (Wildman–Crippen MR) is 174 cm³/mol. The number of carbonyl (C=O) groups is 1. The fourth-order valence-corrected chi connectivity index (χ4v) is 9.24. The van der Waals surface area contributed by atoms with Gasteiger partial charge in [-0.2, -0.15) is 0 Å². The Kier molecular flexibility index (Phi) is 9.92. The fraction of sp³-hybridized carbons (Fsp3) is 0.333. The Morgan fingerprint density at radius 3 is 2.26 bits per heavy atom. The third-order valence-electron chi connectivity index (χ3n) is 8.86. The molecule has 4 nitrogen and oxygen atoms in total. The summed E-state index contributed by atoms with van der Waals surface area (Å²) < 4.78 is 6.17. The quantitative estimate of drug-likeness (QED) is 0.0783. The van der Waals surface area contributed by atoms with E-state index in [1.807, 2.05) is 40.0 Å². The maximum absolute atomic E-state index is 11.7. The first-order valence-electron chi connectivity index (χ1n) is 15.0. The van der Waals surface area contributed by atoms with Crippen LogP contribution in [0.2, 0.25) is 13.1 Å². The van der Waals surface area contributed by atoms with Crippen LogP contribution in [0.15, 0.2) is 77.0 Å². The number of hydrogen-bond acceptors (Lipinski definition) is 4. The Morgan fingerprint density at radius 1 is 0.905 bits per heavy atom. The number of aliphatic hydroxyl groups is 1. The molecule has 1 radical (unpaired) electrons. The topological polar surface area (TPSA) is 63.3 Å². The van der Waals surface area contributed by atoms with Crippen LogP contribution in [0.5, 0.6) is 0 Å². The summed E-state index contributed by atoms with van der Waals surface area (Å²) in [6.45, 7) is 12.9. The van der Waals surface area contributed by atoms with Crippen molar-refractivity contribution in [1.29, 1.82) is 0 Å². The molecule has 0 fully saturated rings. The minimum atomic E-state index is -1.95. The van der Waals surface area contributed by atoms with Gasteiger partial charge in [-0.1, -0.05) is 87.3 Å². The van der Waals surface area contributed by atoms with Crippen molar-refractivity contribution in [2.45, 2.75) is 66.5 Å². The minimum Gasteiger partial charge on any atom is -0.512 e. The molecule has 0 unspecified atom stereocenters. The molecule has 221 valence electrons. The van der Waals surface area contributed by atoms with Crippen LogP contribution in [-0.4, -0.2) is 23.9 Å². The number of carbonyl (C=O) groups excluding carboxylic acids is 1. The van der Waals surface area contributed by atoms with Gasteiger partial charge in [0.15, 0.2) is 5.78 Å². The molecule has 5 aromatic rings. The standard InChI is InChI=1S/C23H16NOSi.C13H24O2.Ir/c1-26(2)19-9-5-8-17-21(19)22-18(25-17)10-11-24-23(22)16-12-14-6-3-4-7-15(14)13-20(16)26;1-5-10(6-2)12(14)9-13(15)11(7-3)8-4;/h3-11,13H,1-2H3;9-11,14H,5-8H2,1-4H3;/q-1;;/b;12-9-;. The molecule has 0 bridgehead atoms. The van der Waals surface area contributed by atoms with E-state index in [-0.39, 0.29) is 43.5 Å². The van der Waals surface area contributed by atoms with E-state index >= 15 is 0 Å². The molecular weight excluding hydrogens is 715 g/mol. The maximum atomic E-state index is 11.7. The molecule has 3 heterocycles. The van der Waals surface area contributed by atoms with Gasteiger partial charge in [0.25, 0.3) is 0 Å². The van der Waals surface area contributed by atoms with Crippen LogP contribution >= 0.6 is 0 Å². The van der Waals surface area contributed by atoms with Crippen molar-refractivity contribution in [3.05, 3.63) is 78.7 Å². The molecule has 0 spiro atoms. The zero-order valence-corrected chi connectivity index (χ0v) is 28.8. The molecule has 1 aliphatic rings. The van der Waals surface area contributed by atoms with Gasteiger partial charge < -0.3 is 9.52 Å². The van der Waals surface area contributed by atoms with E-state index in [1.54, 1.807) is 0 Å². The van der Waals surface area contributed by atoms with Crippen molar-refractivity contribution in [3.8, 4) is 11.3 Å². The van der Waals surface area contributed by atoms with Crippen molar-refractivity contribution in [3.63, 3.8) is 0 Å². The van der Waals surface area contributed by atoms with Gasteiger partial charge in [0.2, 0.25) is 0 Å². The third-order valence-corrected chi connectivity index (χ3v) is 12.4. The number of pyridine rings is 1. The Morgan fingerprint density at radius 2 is 1.57 bits per heavy atom. The Hall–Kier alpha value is -3.05. The molecule has 1 aliphatic heterocycles. The number of hydrogen-bond donors (Lipinski definition) is 1. The first kappa shape index (κ1) is 31.9. The maximum Gasteiger partial charge on any atom is 0.162 e. The molecule has 3 aromatic carbocycles. The molecule has 0 saturated carbocycles. The summed E-state index contributed by atoms with van der Waals surface area (Å²) in [6.07, 6.45) is 6.76. The van der Waals surface area contributed by atoms with Crippen LogP contribution in [0.4, 0.5) is 0 Å². The van der Waals surface area contributed by atoms with Crippen molar-refractivity contribution >= 4 is 56.9 Å². The number of aliphatic hydroxyl groups excluding tert-OH is 1. The zero-order valence-electron chi connectivity index (χ0n) is 25.4. The SMILES string of the molecule is CCC(CC)C(=O)/C=C(\O)C(CC)CC.C[Si]1(C)c2cc3ccccc3[c-]c2-c2nccc3oc4cccc1c4c23.[Ir]. The number of rotatable bonds is 7. The monoisotopic (exact) mass is 755 g/mol. The predicted octanol–water partition coefficient (Wildman–Crippen LogP) is 8.60. The van der Waals surface area contributed by atoms with Gasteiger partial charge in [-0.05, 0) is 37.8 Å². The van der Waals surface area contributed by atoms with Crippen LogP contribution in [-0.2, 0) is 24.9 Å². The molecule has 6 rings (SSSR count). The van der Waals surface area contributed by atoms with Crippen LogP contribution in [0.25, 0.3) is 44.0 Å². The van der Waals surface area contributed by atoms with Crippen LogP contribution in [0.1, 0.15) is 53.4 Å². The van der Waals surface area contributed by atoms with E-state index in [0.717, 1.165) is 58.9 Å². The second-order valence-corrected chi connectivity index (χ2v) is 15.9. The van der Waals surface area contributed by atoms with Gasteiger partial charge in [-0.15, -0.1) is 28.8 Å². The second-order valence-electron chi connectivity index (χ2n) is 11.6. The molecule has 0 saturated heterocycles. The van der Waals surface area contributed by atoms with Crippen molar-refractivity contribution in [1.82, 2.24) is 4.98 Å². The Bertz CT molecular complexity index is 1760. The number of nitrogens with zero attached hydrogens (tertiary/aromatic N) is 1. The summed E-state index contributed by atoms with van der Waals surface area (Å²) in [5.41, 5.74) is 4.03. The average Bonchev–Trinajstić information content (AvgIpc) is 3.33. The van der Waals surface area contributed by atoms with E-state index in [4.69, 9.17) is 9.40 Å². The molecule has 0 atom stereocenters. The molecule has 0 aliphatic carbocycles. The second kappa shape index (κ2) is 13.1. The molecule has 1 N–H and O–H groups in total. The van der Waals surface area contributed by atoms with Crippen LogP contribution in [0.3, 0.4) is 0 Å². The number of fused-ring (bicyclic) bond motifs is 3. The number of benzene rings is 3. The first-order valence-corrected chi connectivity index (χ1v) is 18.0. The normalized spacial score (nSPS) is 13.7. The van der Waals surface area contributed by atoms with Crippen molar-refractivity contribution in [2.24, 2.45) is 11.8 Å². The summed E-state index contributed by atoms with van der Waals surface area (Å²) in [5, 5.41) is 17.4. The summed E-state index contributed by atoms with van der Waals surface area (Å²) >= 11 is 0. The Labute approximate surface area is 263 Å². The summed E-state index contributed by atoms with van der Waals surface area (Å²) in [7, 11) is -1.95. The summed E-state index contributed by atoms with van der Waals surface area (Å²) in [6, 6.07) is 23.0. The smallest absolute Gasteiger partial charge is 0.162 e. The van der Waals surface area contributed by atoms with E-state index in [0.29, 0.717) is 0 Å². The summed E-state index contributed by atoms with van der Waals surface area (Å²) in [4.78, 5) is 16.5. The number of ketones is 1. The van der Waals surface area contributed by atoms with E-state index in [1.165, 1.54) is 27.2 Å². The van der Waals surface area contributed by atoms with E-state index in [2.05, 4.69) is 67.7 Å². The minimum absolute atomic E-state index is 0. The molecule has 6 heteroatoms. The van der Waals surface area contributed by atoms with Crippen molar-refractivity contribution < 1.29 is 34.4 Å². The van der Waals surface area contributed by atoms with E-state index < -0.39 is 8.07 Å². The molecule has 42 heavy (non-hydrogen) atoms. The first-order chi connectivity index (χ1) is 19.7. The number of allylic oxidation sites excluding steroid dienone is 2. The molecular formula is C36H40IrNO3Si-. The van der Waals surface area contributed by atoms with E-state index in [9.17, 15) is 9.90 Å². The van der Waals surface area contributed by atoms with Crippen LogP contribution < -0.4 is 10.4 Å². The largest absolute Gasteiger partial charge is 0.512 e. The van der Waals surface area contributed by atoms with Gasteiger partial charge in [-0.25, -0.2) is 0 Å². The number of aromatic nitrogens is 1. The third kappa shape index (κ3) is 5.65. The van der Waals surface area contributed by atoms with Gasteiger partial charge in [-0.3, -0.25) is 9.78 Å².